The molecule has 0 bridgehead atoms. The van der Waals surface area contributed by atoms with Crippen LogP contribution >= 0.6 is 11.3 Å². The molecule has 0 aliphatic carbocycles. The zero-order valence-electron chi connectivity index (χ0n) is 9.81. The maximum absolute atomic E-state index is 10.9. The summed E-state index contributed by atoms with van der Waals surface area (Å²) < 4.78 is 7.05. The maximum Gasteiger partial charge on any atom is 0.311 e. The van der Waals surface area contributed by atoms with Gasteiger partial charge in [-0.15, -0.1) is 5.10 Å². The maximum atomic E-state index is 10.9. The predicted octanol–water partition coefficient (Wildman–Crippen LogP) is 2.80. The third-order valence-electron chi connectivity index (χ3n) is 2.40. The number of nitrogens with zero attached hydrogens (tertiary/aromatic N) is 4. The highest BCUT2D eigenvalue weighted by atomic mass is 32.1. The minimum absolute atomic E-state index is 0.0912. The number of fused-ring (bicyclic) bond motifs is 1. The lowest BCUT2D eigenvalue weighted by Gasteiger charge is -2.01. The van der Waals surface area contributed by atoms with Gasteiger partial charge in [-0.05, 0) is 24.3 Å². The zero-order valence-corrected chi connectivity index (χ0v) is 10.6. The molecule has 3 rings (SSSR count). The molecule has 0 unspecified atom stereocenters. The molecule has 0 aliphatic rings. The molecule has 0 fully saturated rings. The quantitative estimate of drug-likeness (QED) is 0.542. The summed E-state index contributed by atoms with van der Waals surface area (Å²) in [7, 11) is 0. The normalized spacial score (nSPS) is 10.8. The highest BCUT2D eigenvalue weighted by Crippen LogP contribution is 2.32. The summed E-state index contributed by atoms with van der Waals surface area (Å²) in [6.45, 7) is 1.87. The van der Waals surface area contributed by atoms with E-state index in [1.165, 1.54) is 23.5 Å². The van der Waals surface area contributed by atoms with Crippen LogP contribution in [0.15, 0.2) is 30.5 Å². The van der Waals surface area contributed by atoms with Gasteiger partial charge in [0.25, 0.3) is 5.19 Å². The van der Waals surface area contributed by atoms with Gasteiger partial charge in [0.1, 0.15) is 0 Å². The second-order valence-corrected chi connectivity index (χ2v) is 4.72. The topological polar surface area (TPSA) is 82.6 Å². The lowest BCUT2D eigenvalue weighted by molar-refractivity contribution is -0.385. The molecule has 1 aromatic carbocycles. The third kappa shape index (κ3) is 2.13. The molecule has 0 saturated carbocycles. The Labute approximate surface area is 111 Å². The predicted molar refractivity (Wildman–Crippen MR) is 68.8 cm³/mol. The van der Waals surface area contributed by atoms with Crippen molar-refractivity contribution in [2.75, 3.05) is 0 Å². The molecule has 0 spiro atoms. The van der Waals surface area contributed by atoms with Gasteiger partial charge in [-0.3, -0.25) is 10.1 Å². The van der Waals surface area contributed by atoms with Crippen molar-refractivity contribution in [2.24, 2.45) is 0 Å². The third-order valence-corrected chi connectivity index (χ3v) is 3.20. The Balaban J connectivity index is 1.96. The Morgan fingerprint density at radius 1 is 1.42 bits per heavy atom. The Hall–Kier alpha value is -2.48. The van der Waals surface area contributed by atoms with Crippen molar-refractivity contribution >= 4 is 22.0 Å². The van der Waals surface area contributed by atoms with E-state index in [-0.39, 0.29) is 11.4 Å². The lowest BCUT2D eigenvalue weighted by Crippen LogP contribution is -1.93. The van der Waals surface area contributed by atoms with E-state index < -0.39 is 4.92 Å². The first kappa shape index (κ1) is 11.6. The highest BCUT2D eigenvalue weighted by molar-refractivity contribution is 7.18. The molecule has 0 radical (unpaired) electrons. The van der Waals surface area contributed by atoms with Gasteiger partial charge in [-0.1, -0.05) is 12.1 Å². The average Bonchev–Trinajstić information content (AvgIpc) is 2.86. The summed E-state index contributed by atoms with van der Waals surface area (Å²) >= 11 is 1.23. The van der Waals surface area contributed by atoms with Crippen LogP contribution in [0.3, 0.4) is 0 Å². The number of aryl methyl sites for hydroxylation is 1. The van der Waals surface area contributed by atoms with Gasteiger partial charge in [-0.25, -0.2) is 9.50 Å². The first-order valence-electron chi connectivity index (χ1n) is 5.37. The number of nitro benzene ring substituents is 1. The summed E-state index contributed by atoms with van der Waals surface area (Å²) in [6, 6.07) is 6.18. The number of hydrogen-bond acceptors (Lipinski definition) is 6. The summed E-state index contributed by atoms with van der Waals surface area (Å²) in [4.78, 5) is 15.3. The van der Waals surface area contributed by atoms with E-state index in [0.717, 1.165) is 5.69 Å². The number of nitro groups is 1. The van der Waals surface area contributed by atoms with E-state index in [4.69, 9.17) is 4.74 Å². The average molecular weight is 276 g/mol. The molecule has 0 amide bonds. The lowest BCUT2D eigenvalue weighted by atomic mass is 10.3. The fourth-order valence-electron chi connectivity index (χ4n) is 1.62. The Kier molecular flexibility index (Phi) is 2.64. The number of imidazole rings is 1. The van der Waals surface area contributed by atoms with Crippen LogP contribution < -0.4 is 4.74 Å². The summed E-state index contributed by atoms with van der Waals surface area (Å²) in [5, 5.41) is 15.3. The van der Waals surface area contributed by atoms with Crippen LogP contribution in [0.1, 0.15) is 5.69 Å². The van der Waals surface area contributed by atoms with Crippen LogP contribution in [0.4, 0.5) is 5.69 Å². The minimum atomic E-state index is -0.488. The summed E-state index contributed by atoms with van der Waals surface area (Å²) in [5.41, 5.74) is 0.766. The van der Waals surface area contributed by atoms with Crippen LogP contribution in [-0.2, 0) is 0 Å². The van der Waals surface area contributed by atoms with Crippen LogP contribution in [0.25, 0.3) is 4.96 Å². The molecule has 0 aliphatic heterocycles. The van der Waals surface area contributed by atoms with Gasteiger partial charge in [0.05, 0.1) is 16.8 Å². The number of ether oxygens (including phenoxy) is 1. The molecule has 2 aromatic heterocycles. The van der Waals surface area contributed by atoms with Gasteiger partial charge in [0.2, 0.25) is 10.7 Å². The van der Waals surface area contributed by atoms with Gasteiger partial charge in [-0.2, -0.15) is 0 Å². The second kappa shape index (κ2) is 4.32. The van der Waals surface area contributed by atoms with Crippen LogP contribution in [0.2, 0.25) is 0 Å². The van der Waals surface area contributed by atoms with Crippen molar-refractivity contribution in [3.8, 4) is 10.9 Å². The molecule has 2 heterocycles. The van der Waals surface area contributed by atoms with Gasteiger partial charge in [0, 0.05) is 6.07 Å². The molecule has 0 N–H and O–H groups in total. The number of rotatable bonds is 3. The van der Waals surface area contributed by atoms with Gasteiger partial charge < -0.3 is 4.74 Å². The Bertz CT molecular complexity index is 733. The SMILES string of the molecule is Cc1cn2nc(Oc3ccccc3[N+](=O)[O-])sc2n1. The van der Waals surface area contributed by atoms with Crippen molar-refractivity contribution in [3.63, 3.8) is 0 Å². The first-order chi connectivity index (χ1) is 9.13. The smallest absolute Gasteiger partial charge is 0.311 e. The fraction of sp³-hybridized carbons (Fsp3) is 0.0909. The molecule has 0 saturated heterocycles. The fourth-order valence-corrected chi connectivity index (χ4v) is 2.41. The molecule has 3 aromatic rings. The number of benzene rings is 1. The van der Waals surface area contributed by atoms with Crippen molar-refractivity contribution in [3.05, 3.63) is 46.3 Å². The standard InChI is InChI=1S/C11H8N4O3S/c1-7-6-14-10(12-7)19-11(13-14)18-9-5-3-2-4-8(9)15(16)17/h2-6H,1H3. The van der Waals surface area contributed by atoms with E-state index in [1.54, 1.807) is 22.8 Å². The van der Waals surface area contributed by atoms with Gasteiger partial charge in [0.15, 0.2) is 0 Å². The number of para-hydroxylation sites is 2. The van der Waals surface area contributed by atoms with Crippen molar-refractivity contribution < 1.29 is 9.66 Å². The van der Waals surface area contributed by atoms with E-state index in [2.05, 4.69) is 10.1 Å². The molecule has 0 atom stereocenters. The van der Waals surface area contributed by atoms with Crippen molar-refractivity contribution in [1.82, 2.24) is 14.6 Å². The first-order valence-corrected chi connectivity index (χ1v) is 6.19. The zero-order chi connectivity index (χ0) is 13.4. The summed E-state index contributed by atoms with van der Waals surface area (Å²) in [6.07, 6.45) is 1.76. The monoisotopic (exact) mass is 276 g/mol. The number of hydrogen-bond donors (Lipinski definition) is 0. The molecule has 8 heteroatoms. The van der Waals surface area contributed by atoms with Crippen LogP contribution in [0.5, 0.6) is 10.9 Å². The van der Waals surface area contributed by atoms with Crippen molar-refractivity contribution in [1.29, 1.82) is 0 Å². The van der Waals surface area contributed by atoms with E-state index >= 15 is 0 Å². The molecular weight excluding hydrogens is 268 g/mol. The molecule has 7 nitrogen and oxygen atoms in total. The van der Waals surface area contributed by atoms with Crippen LogP contribution in [-0.4, -0.2) is 19.5 Å². The highest BCUT2D eigenvalue weighted by Gasteiger charge is 2.16. The molecular formula is C11H8N4O3S. The van der Waals surface area contributed by atoms with E-state index in [0.29, 0.717) is 10.2 Å². The largest absolute Gasteiger partial charge is 0.422 e. The van der Waals surface area contributed by atoms with E-state index in [1.807, 2.05) is 6.92 Å². The minimum Gasteiger partial charge on any atom is -0.422 e. The van der Waals surface area contributed by atoms with Crippen LogP contribution in [0, 0.1) is 17.0 Å². The summed E-state index contributed by atoms with van der Waals surface area (Å²) in [5.74, 6) is 0.168. The van der Waals surface area contributed by atoms with Gasteiger partial charge >= 0.3 is 5.69 Å². The Morgan fingerprint density at radius 3 is 2.95 bits per heavy atom. The van der Waals surface area contributed by atoms with E-state index in [9.17, 15) is 10.1 Å². The second-order valence-electron chi connectivity index (χ2n) is 3.80. The Morgan fingerprint density at radius 2 is 2.21 bits per heavy atom. The van der Waals surface area contributed by atoms with Crippen molar-refractivity contribution in [2.45, 2.75) is 6.92 Å². The number of aromatic nitrogens is 3. The molecule has 96 valence electrons. The molecule has 19 heavy (non-hydrogen) atoms.